The number of aryl methyl sites for hydroxylation is 1. The second-order valence-electron chi connectivity index (χ2n) is 8.13. The molecule has 1 N–H and O–H groups in total. The Morgan fingerprint density at radius 1 is 1.11 bits per heavy atom. The van der Waals surface area contributed by atoms with Gasteiger partial charge in [0, 0.05) is 5.69 Å². The topological polar surface area (TPSA) is 92.8 Å². The number of imide groups is 1. The highest BCUT2D eigenvalue weighted by Crippen LogP contribution is 2.56. The number of carbonyl (C=O) groups excluding carboxylic acids is 4. The zero-order valence-corrected chi connectivity index (χ0v) is 16.0. The van der Waals surface area contributed by atoms with Crippen LogP contribution in [-0.2, 0) is 23.9 Å². The number of ether oxygens (including phenoxy) is 1. The maximum atomic E-state index is 12.8. The summed E-state index contributed by atoms with van der Waals surface area (Å²) < 4.78 is 5.06. The number of esters is 1. The van der Waals surface area contributed by atoms with E-state index in [1.165, 1.54) is 6.92 Å². The van der Waals surface area contributed by atoms with Gasteiger partial charge in [0.2, 0.25) is 11.8 Å². The van der Waals surface area contributed by atoms with Crippen LogP contribution in [0.4, 0.5) is 5.69 Å². The molecule has 1 heterocycles. The predicted octanol–water partition coefficient (Wildman–Crippen LogP) is 1.90. The van der Waals surface area contributed by atoms with E-state index in [2.05, 4.69) is 5.32 Å². The van der Waals surface area contributed by atoms with Gasteiger partial charge in [0.15, 0.2) is 6.61 Å². The van der Waals surface area contributed by atoms with Gasteiger partial charge >= 0.3 is 5.97 Å². The fourth-order valence-corrected chi connectivity index (χ4v) is 5.01. The second-order valence-corrected chi connectivity index (χ2v) is 8.13. The number of anilines is 1. The third-order valence-electron chi connectivity index (χ3n) is 6.37. The molecule has 2 aliphatic carbocycles. The van der Waals surface area contributed by atoms with E-state index >= 15 is 0 Å². The number of rotatable bonds is 5. The number of hydrogen-bond acceptors (Lipinski definition) is 5. The minimum absolute atomic E-state index is 0.254. The second kappa shape index (κ2) is 7.04. The van der Waals surface area contributed by atoms with Crippen LogP contribution in [-0.4, -0.2) is 41.2 Å². The van der Waals surface area contributed by atoms with Crippen LogP contribution in [0.25, 0.3) is 0 Å². The van der Waals surface area contributed by atoms with Crippen molar-refractivity contribution in [3.63, 3.8) is 0 Å². The largest absolute Gasteiger partial charge is 0.454 e. The molecule has 3 amide bonds. The van der Waals surface area contributed by atoms with Gasteiger partial charge in [-0.05, 0) is 57.1 Å². The van der Waals surface area contributed by atoms with Crippen molar-refractivity contribution in [3.8, 4) is 0 Å². The normalized spacial score (nSPS) is 29.0. The molecule has 0 aromatic heterocycles. The van der Waals surface area contributed by atoms with E-state index in [-0.39, 0.29) is 35.5 Å². The van der Waals surface area contributed by atoms with Gasteiger partial charge in [0.1, 0.15) is 6.04 Å². The molecular weight excluding hydrogens is 360 g/mol. The molecule has 7 nitrogen and oxygen atoms in total. The zero-order chi connectivity index (χ0) is 20.0. The quantitative estimate of drug-likeness (QED) is 0.618. The van der Waals surface area contributed by atoms with Crippen LogP contribution in [0.15, 0.2) is 24.3 Å². The molecule has 148 valence electrons. The number of nitrogens with zero attached hydrogens (tertiary/aromatic N) is 1. The number of fused-ring (bicyclic) bond motifs is 5. The number of carbonyl (C=O) groups is 4. The SMILES string of the molecule is Cc1ccc(NC(=O)COC(=O)[C@H](C)N2C(=O)[C@H]3[C@H]4CC[C@@H](C4)[C@@H]3C2=O)cc1. The molecule has 0 spiro atoms. The first-order valence-corrected chi connectivity index (χ1v) is 9.77. The molecule has 4 rings (SSSR count). The van der Waals surface area contributed by atoms with Crippen molar-refractivity contribution in [2.75, 3.05) is 11.9 Å². The Labute approximate surface area is 163 Å². The third-order valence-corrected chi connectivity index (χ3v) is 6.37. The van der Waals surface area contributed by atoms with Gasteiger partial charge in [-0.15, -0.1) is 0 Å². The zero-order valence-electron chi connectivity index (χ0n) is 16.0. The van der Waals surface area contributed by atoms with Crippen LogP contribution in [0.1, 0.15) is 31.7 Å². The molecule has 0 radical (unpaired) electrons. The van der Waals surface area contributed by atoms with E-state index in [1.54, 1.807) is 12.1 Å². The fraction of sp³-hybridized carbons (Fsp3) is 0.524. The maximum Gasteiger partial charge on any atom is 0.329 e. The highest BCUT2D eigenvalue weighted by Gasteiger charge is 2.62. The van der Waals surface area contributed by atoms with Crippen molar-refractivity contribution in [2.45, 2.75) is 39.2 Å². The monoisotopic (exact) mass is 384 g/mol. The highest BCUT2D eigenvalue weighted by molar-refractivity contribution is 6.08. The average Bonchev–Trinajstić information content (AvgIpc) is 3.35. The Morgan fingerprint density at radius 2 is 1.68 bits per heavy atom. The molecule has 3 fully saturated rings. The summed E-state index contributed by atoms with van der Waals surface area (Å²) >= 11 is 0. The summed E-state index contributed by atoms with van der Waals surface area (Å²) in [6.07, 6.45) is 2.91. The predicted molar refractivity (Wildman–Crippen MR) is 99.9 cm³/mol. The van der Waals surface area contributed by atoms with Crippen molar-refractivity contribution < 1.29 is 23.9 Å². The molecule has 0 unspecified atom stereocenters. The van der Waals surface area contributed by atoms with Gasteiger partial charge in [0.05, 0.1) is 11.8 Å². The standard InChI is InChI=1S/C21H24N2O5/c1-11-3-7-15(8-4-11)22-16(24)10-28-21(27)12(2)23-19(25)17-13-5-6-14(9-13)18(17)20(23)26/h3-4,7-8,12-14,17-18H,5-6,9-10H2,1-2H3,(H,22,24)/t12-,13-,14-,17-,18-/m0/s1. The Bertz CT molecular complexity index is 806. The lowest BCUT2D eigenvalue weighted by Crippen LogP contribution is -2.45. The first kappa shape index (κ1) is 18.7. The lowest BCUT2D eigenvalue weighted by molar-refractivity contribution is -0.159. The molecule has 1 aromatic rings. The summed E-state index contributed by atoms with van der Waals surface area (Å²) in [4.78, 5) is 51.0. The van der Waals surface area contributed by atoms with Crippen molar-refractivity contribution in [1.29, 1.82) is 0 Å². The smallest absolute Gasteiger partial charge is 0.329 e. The molecule has 2 bridgehead atoms. The van der Waals surface area contributed by atoms with E-state index < -0.39 is 24.5 Å². The van der Waals surface area contributed by atoms with Gasteiger partial charge in [0.25, 0.3) is 5.91 Å². The van der Waals surface area contributed by atoms with Gasteiger partial charge in [-0.3, -0.25) is 19.3 Å². The molecule has 1 saturated heterocycles. The van der Waals surface area contributed by atoms with E-state index in [1.807, 2.05) is 19.1 Å². The Balaban J connectivity index is 1.33. The van der Waals surface area contributed by atoms with E-state index in [0.29, 0.717) is 5.69 Å². The van der Waals surface area contributed by atoms with Crippen LogP contribution in [0.5, 0.6) is 0 Å². The summed E-state index contributed by atoms with van der Waals surface area (Å²) in [6, 6.07) is 6.21. The van der Waals surface area contributed by atoms with Crippen LogP contribution >= 0.6 is 0 Å². The molecule has 3 aliphatic rings. The van der Waals surface area contributed by atoms with Crippen LogP contribution in [0.2, 0.25) is 0 Å². The van der Waals surface area contributed by atoms with Crippen LogP contribution in [0.3, 0.4) is 0 Å². The number of likely N-dealkylation sites (tertiary alicyclic amines) is 1. The average molecular weight is 384 g/mol. The summed E-state index contributed by atoms with van der Waals surface area (Å²) in [5.41, 5.74) is 1.67. The lowest BCUT2D eigenvalue weighted by Gasteiger charge is -2.23. The summed E-state index contributed by atoms with van der Waals surface area (Å²) in [5.74, 6) is -1.74. The number of hydrogen-bond donors (Lipinski definition) is 1. The lowest BCUT2D eigenvalue weighted by atomic mass is 9.81. The number of nitrogens with one attached hydrogen (secondary N) is 1. The van der Waals surface area contributed by atoms with E-state index in [9.17, 15) is 19.2 Å². The summed E-state index contributed by atoms with van der Waals surface area (Å²) in [7, 11) is 0. The third kappa shape index (κ3) is 3.08. The molecular formula is C21H24N2O5. The van der Waals surface area contributed by atoms with Gasteiger partial charge in [-0.1, -0.05) is 17.7 Å². The first-order valence-electron chi connectivity index (χ1n) is 9.77. The number of amides is 3. The van der Waals surface area contributed by atoms with Crippen molar-refractivity contribution in [2.24, 2.45) is 23.7 Å². The first-order chi connectivity index (χ1) is 13.4. The molecule has 2 saturated carbocycles. The minimum atomic E-state index is -1.02. The highest BCUT2D eigenvalue weighted by atomic mass is 16.5. The minimum Gasteiger partial charge on any atom is -0.454 e. The Morgan fingerprint density at radius 3 is 2.25 bits per heavy atom. The Hall–Kier alpha value is -2.70. The molecule has 28 heavy (non-hydrogen) atoms. The molecule has 1 aromatic carbocycles. The van der Waals surface area contributed by atoms with Gasteiger partial charge < -0.3 is 10.1 Å². The number of benzene rings is 1. The van der Waals surface area contributed by atoms with Crippen LogP contribution < -0.4 is 5.32 Å². The van der Waals surface area contributed by atoms with Crippen molar-refractivity contribution in [3.05, 3.63) is 29.8 Å². The van der Waals surface area contributed by atoms with E-state index in [4.69, 9.17) is 4.74 Å². The van der Waals surface area contributed by atoms with Crippen LogP contribution in [0, 0.1) is 30.6 Å². The maximum absolute atomic E-state index is 12.8. The summed E-state index contributed by atoms with van der Waals surface area (Å²) in [6.45, 7) is 2.96. The summed E-state index contributed by atoms with van der Waals surface area (Å²) in [5, 5.41) is 2.64. The van der Waals surface area contributed by atoms with Crippen molar-refractivity contribution in [1.82, 2.24) is 4.90 Å². The fourth-order valence-electron chi connectivity index (χ4n) is 5.01. The van der Waals surface area contributed by atoms with Gasteiger partial charge in [-0.25, -0.2) is 4.79 Å². The molecule has 7 heteroatoms. The van der Waals surface area contributed by atoms with Gasteiger partial charge in [-0.2, -0.15) is 0 Å². The molecule has 1 aliphatic heterocycles. The van der Waals surface area contributed by atoms with E-state index in [0.717, 1.165) is 29.7 Å². The molecule has 5 atom stereocenters. The Kier molecular flexibility index (Phi) is 4.69. The van der Waals surface area contributed by atoms with Crippen molar-refractivity contribution >= 4 is 29.4 Å².